The molecule has 60 valence electrons. The van der Waals surface area contributed by atoms with E-state index in [1.54, 1.807) is 0 Å². The van der Waals surface area contributed by atoms with Gasteiger partial charge in [-0.3, -0.25) is 0 Å². The molecule has 0 rings (SSSR count). The van der Waals surface area contributed by atoms with E-state index >= 15 is 0 Å². The maximum atomic E-state index is 9.44. The molecule has 0 saturated heterocycles. The van der Waals surface area contributed by atoms with Crippen LogP contribution in [0.3, 0.4) is 0 Å². The zero-order valence-corrected chi connectivity index (χ0v) is 7.31. The van der Waals surface area contributed by atoms with Crippen LogP contribution in [-0.4, -0.2) is 5.78 Å². The van der Waals surface area contributed by atoms with Gasteiger partial charge in [-0.15, -0.1) is 6.58 Å². The standard InChI is InChI=1S/C6H12.C3H6O/c1-3-5-6-4-2;1-3(2)4/h3H,1,4-6H2,2H3;1-2H3. The minimum Gasteiger partial charge on any atom is -0.300 e. The zero-order valence-electron chi connectivity index (χ0n) is 7.31. The predicted octanol–water partition coefficient (Wildman–Crippen LogP) is 2.96. The van der Waals surface area contributed by atoms with Crippen molar-refractivity contribution in [2.24, 2.45) is 0 Å². The van der Waals surface area contributed by atoms with Gasteiger partial charge in [0.1, 0.15) is 5.78 Å². The van der Waals surface area contributed by atoms with Crippen LogP contribution in [0.1, 0.15) is 40.0 Å². The van der Waals surface area contributed by atoms with Gasteiger partial charge in [0, 0.05) is 0 Å². The fourth-order valence-electron chi connectivity index (χ4n) is 0.348. The summed E-state index contributed by atoms with van der Waals surface area (Å²) in [4.78, 5) is 9.44. The van der Waals surface area contributed by atoms with Crippen molar-refractivity contribution in [3.8, 4) is 0 Å². The molecule has 0 radical (unpaired) electrons. The molecule has 0 aromatic heterocycles. The van der Waals surface area contributed by atoms with E-state index in [0.29, 0.717) is 0 Å². The molecule has 0 aliphatic heterocycles. The number of carbonyl (C=O) groups excluding carboxylic acids is 1. The first kappa shape index (κ1) is 12.1. The van der Waals surface area contributed by atoms with Gasteiger partial charge >= 0.3 is 0 Å². The molecule has 0 saturated carbocycles. The topological polar surface area (TPSA) is 17.1 Å². The maximum Gasteiger partial charge on any atom is 0.126 e. The zero-order chi connectivity index (χ0) is 8.41. The van der Waals surface area contributed by atoms with Gasteiger partial charge in [-0.25, -0.2) is 0 Å². The van der Waals surface area contributed by atoms with Gasteiger partial charge in [-0.05, 0) is 20.3 Å². The Labute approximate surface area is 64.1 Å². The molecular weight excluding hydrogens is 124 g/mol. The number of carbonyl (C=O) groups is 1. The lowest BCUT2D eigenvalue weighted by molar-refractivity contribution is -0.114. The Bertz CT molecular complexity index is 80.7. The second kappa shape index (κ2) is 11.2. The molecule has 1 heteroatoms. The molecule has 1 nitrogen and oxygen atoms in total. The Morgan fingerprint density at radius 2 is 1.90 bits per heavy atom. The molecule has 0 heterocycles. The second-order valence-electron chi connectivity index (χ2n) is 2.34. The monoisotopic (exact) mass is 142 g/mol. The van der Waals surface area contributed by atoms with Crippen LogP contribution in [0.4, 0.5) is 0 Å². The fourth-order valence-corrected chi connectivity index (χ4v) is 0.348. The largest absolute Gasteiger partial charge is 0.300 e. The summed E-state index contributed by atoms with van der Waals surface area (Å²) in [7, 11) is 0. The second-order valence-corrected chi connectivity index (χ2v) is 2.34. The molecule has 0 amide bonds. The molecule has 0 aromatic carbocycles. The highest BCUT2D eigenvalue weighted by Gasteiger charge is 1.71. The van der Waals surface area contributed by atoms with E-state index in [1.807, 2.05) is 6.08 Å². The summed E-state index contributed by atoms with van der Waals surface area (Å²) < 4.78 is 0. The van der Waals surface area contributed by atoms with Crippen LogP contribution in [-0.2, 0) is 4.79 Å². The molecule has 0 aromatic rings. The van der Waals surface area contributed by atoms with Crippen LogP contribution in [0.15, 0.2) is 12.7 Å². The first-order valence-corrected chi connectivity index (χ1v) is 3.73. The molecule has 0 atom stereocenters. The van der Waals surface area contributed by atoms with Gasteiger partial charge in [0.25, 0.3) is 0 Å². The van der Waals surface area contributed by atoms with Gasteiger partial charge < -0.3 is 4.79 Å². The smallest absolute Gasteiger partial charge is 0.126 e. The third-order valence-electron chi connectivity index (χ3n) is 0.762. The van der Waals surface area contributed by atoms with Crippen LogP contribution < -0.4 is 0 Å². The van der Waals surface area contributed by atoms with E-state index in [2.05, 4.69) is 13.5 Å². The average Bonchev–Trinajstić information content (AvgIpc) is 1.82. The Morgan fingerprint density at radius 1 is 1.50 bits per heavy atom. The summed E-state index contributed by atoms with van der Waals surface area (Å²) in [6.07, 6.45) is 5.72. The lowest BCUT2D eigenvalue weighted by Crippen LogP contribution is -1.69. The van der Waals surface area contributed by atoms with Crippen molar-refractivity contribution in [3.63, 3.8) is 0 Å². The van der Waals surface area contributed by atoms with Gasteiger partial charge in [-0.1, -0.05) is 25.8 Å². The number of ketones is 1. The Kier molecular flexibility index (Phi) is 13.6. The normalized spacial score (nSPS) is 7.50. The molecule has 0 fully saturated rings. The van der Waals surface area contributed by atoms with Crippen molar-refractivity contribution in [3.05, 3.63) is 12.7 Å². The molecule has 0 spiro atoms. The number of hydrogen-bond acceptors (Lipinski definition) is 1. The van der Waals surface area contributed by atoms with Crippen LogP contribution in [0.2, 0.25) is 0 Å². The molecular formula is C9H18O. The Morgan fingerprint density at radius 3 is 2.00 bits per heavy atom. The predicted molar refractivity (Wildman–Crippen MR) is 46.1 cm³/mol. The Hall–Kier alpha value is -0.590. The molecule has 0 N–H and O–H groups in total. The number of unbranched alkanes of at least 4 members (excludes halogenated alkanes) is 2. The molecule has 0 unspecified atom stereocenters. The average molecular weight is 142 g/mol. The first-order valence-electron chi connectivity index (χ1n) is 3.73. The van der Waals surface area contributed by atoms with Gasteiger partial charge in [0.2, 0.25) is 0 Å². The van der Waals surface area contributed by atoms with E-state index < -0.39 is 0 Å². The summed E-state index contributed by atoms with van der Waals surface area (Å²) >= 11 is 0. The number of hydrogen-bond donors (Lipinski definition) is 0. The SMILES string of the molecule is C=CCCCC.CC(C)=O. The van der Waals surface area contributed by atoms with E-state index in [4.69, 9.17) is 0 Å². The third-order valence-corrected chi connectivity index (χ3v) is 0.762. The van der Waals surface area contributed by atoms with Gasteiger partial charge in [0.15, 0.2) is 0 Å². The van der Waals surface area contributed by atoms with Crippen molar-refractivity contribution in [2.75, 3.05) is 0 Å². The summed E-state index contributed by atoms with van der Waals surface area (Å²) in [5, 5.41) is 0. The summed E-state index contributed by atoms with van der Waals surface area (Å²) in [6, 6.07) is 0. The fraction of sp³-hybridized carbons (Fsp3) is 0.667. The summed E-state index contributed by atoms with van der Waals surface area (Å²) in [6.45, 7) is 8.84. The minimum atomic E-state index is 0.167. The quantitative estimate of drug-likeness (QED) is 0.437. The van der Waals surface area contributed by atoms with E-state index in [1.165, 1.54) is 33.1 Å². The molecule has 0 bridgehead atoms. The molecule has 10 heavy (non-hydrogen) atoms. The Balaban J connectivity index is 0. The van der Waals surface area contributed by atoms with Gasteiger partial charge in [0.05, 0.1) is 0 Å². The molecule has 0 aliphatic rings. The summed E-state index contributed by atoms with van der Waals surface area (Å²) in [5.41, 5.74) is 0. The van der Waals surface area contributed by atoms with E-state index in [-0.39, 0.29) is 5.78 Å². The van der Waals surface area contributed by atoms with Crippen LogP contribution in [0, 0.1) is 0 Å². The number of Topliss-reactive ketones (excluding diaryl/α,β-unsaturated/α-hetero) is 1. The summed E-state index contributed by atoms with van der Waals surface area (Å²) in [5.74, 6) is 0.167. The third kappa shape index (κ3) is 52.4. The van der Waals surface area contributed by atoms with Gasteiger partial charge in [-0.2, -0.15) is 0 Å². The maximum absolute atomic E-state index is 9.44. The van der Waals surface area contributed by atoms with Crippen molar-refractivity contribution in [1.29, 1.82) is 0 Å². The van der Waals surface area contributed by atoms with Crippen molar-refractivity contribution in [1.82, 2.24) is 0 Å². The lowest BCUT2D eigenvalue weighted by atomic mass is 10.3. The van der Waals surface area contributed by atoms with Crippen LogP contribution in [0.5, 0.6) is 0 Å². The van der Waals surface area contributed by atoms with Crippen molar-refractivity contribution in [2.45, 2.75) is 40.0 Å². The molecule has 0 aliphatic carbocycles. The first-order chi connectivity index (χ1) is 4.65. The minimum absolute atomic E-state index is 0.167. The van der Waals surface area contributed by atoms with Crippen molar-refractivity contribution >= 4 is 5.78 Å². The highest BCUT2D eigenvalue weighted by atomic mass is 16.1. The highest BCUT2D eigenvalue weighted by Crippen LogP contribution is 1.91. The van der Waals surface area contributed by atoms with Crippen LogP contribution >= 0.6 is 0 Å². The van der Waals surface area contributed by atoms with Crippen molar-refractivity contribution < 1.29 is 4.79 Å². The highest BCUT2D eigenvalue weighted by molar-refractivity contribution is 5.72. The van der Waals surface area contributed by atoms with Crippen LogP contribution in [0.25, 0.3) is 0 Å². The number of rotatable bonds is 3. The van der Waals surface area contributed by atoms with E-state index in [0.717, 1.165) is 0 Å². The number of allylic oxidation sites excluding steroid dienone is 1. The van der Waals surface area contributed by atoms with E-state index in [9.17, 15) is 4.79 Å². The lowest BCUT2D eigenvalue weighted by Gasteiger charge is -1.81.